The normalized spacial score (nSPS) is 17.9. The van der Waals surface area contributed by atoms with E-state index >= 15 is 0 Å². The molecule has 1 fully saturated rings. The van der Waals surface area contributed by atoms with Crippen molar-refractivity contribution in [2.24, 2.45) is 5.92 Å². The molecule has 1 saturated carbocycles. The lowest BCUT2D eigenvalue weighted by atomic mass is 10.1. The van der Waals surface area contributed by atoms with E-state index in [1.54, 1.807) is 0 Å². The van der Waals surface area contributed by atoms with Crippen molar-refractivity contribution in [3.63, 3.8) is 0 Å². The van der Waals surface area contributed by atoms with Crippen LogP contribution in [-0.2, 0) is 4.43 Å². The van der Waals surface area contributed by atoms with Crippen molar-refractivity contribution in [2.75, 3.05) is 6.61 Å². The Morgan fingerprint density at radius 3 is 2.29 bits per heavy atom. The van der Waals surface area contributed by atoms with Crippen LogP contribution in [0.1, 0.15) is 52.9 Å². The standard InChI is InChI=1S/C15H28OSi/c1-15(2,3)17(4,5)16-13-9-8-12-14-10-6-7-11-14/h14H,6-7,9-11,13H2,1-5H3. The molecule has 0 aromatic carbocycles. The SMILES string of the molecule is CC(C)(C)[Si](C)(C)OCCC#CC1CCCC1. The van der Waals surface area contributed by atoms with E-state index in [4.69, 9.17) is 4.43 Å². The van der Waals surface area contributed by atoms with Gasteiger partial charge in [0.2, 0.25) is 0 Å². The van der Waals surface area contributed by atoms with Crippen LogP contribution in [0.3, 0.4) is 0 Å². The topological polar surface area (TPSA) is 9.23 Å². The summed E-state index contributed by atoms with van der Waals surface area (Å²) in [6, 6.07) is 0. The molecule has 0 aliphatic heterocycles. The minimum absolute atomic E-state index is 0.311. The van der Waals surface area contributed by atoms with Crippen LogP contribution in [0, 0.1) is 17.8 Å². The van der Waals surface area contributed by atoms with Crippen molar-refractivity contribution in [1.29, 1.82) is 0 Å². The zero-order valence-electron chi connectivity index (χ0n) is 12.2. The summed E-state index contributed by atoms with van der Waals surface area (Å²) in [5, 5.41) is 0.311. The van der Waals surface area contributed by atoms with E-state index in [-0.39, 0.29) is 0 Å². The van der Waals surface area contributed by atoms with Gasteiger partial charge in [-0.15, -0.1) is 5.92 Å². The zero-order valence-corrected chi connectivity index (χ0v) is 13.2. The van der Waals surface area contributed by atoms with Gasteiger partial charge < -0.3 is 4.43 Å². The maximum atomic E-state index is 6.10. The van der Waals surface area contributed by atoms with Crippen molar-refractivity contribution in [3.05, 3.63) is 0 Å². The molecule has 1 aliphatic carbocycles. The molecule has 0 N–H and O–H groups in total. The summed E-state index contributed by atoms with van der Waals surface area (Å²) in [6.07, 6.45) is 6.29. The highest BCUT2D eigenvalue weighted by molar-refractivity contribution is 6.74. The van der Waals surface area contributed by atoms with Crippen molar-refractivity contribution < 1.29 is 4.43 Å². The van der Waals surface area contributed by atoms with Gasteiger partial charge in [0.15, 0.2) is 8.32 Å². The Bertz CT molecular complexity index is 284. The second kappa shape index (κ2) is 6.07. The van der Waals surface area contributed by atoms with Crippen molar-refractivity contribution in [3.8, 4) is 11.8 Å². The van der Waals surface area contributed by atoms with Crippen LogP contribution in [0.5, 0.6) is 0 Å². The van der Waals surface area contributed by atoms with Gasteiger partial charge in [0.05, 0.1) is 0 Å². The fourth-order valence-corrected chi connectivity index (χ4v) is 2.91. The van der Waals surface area contributed by atoms with Gasteiger partial charge in [0.1, 0.15) is 0 Å². The Hall–Kier alpha value is -0.263. The van der Waals surface area contributed by atoms with Gasteiger partial charge >= 0.3 is 0 Å². The highest BCUT2D eigenvalue weighted by Crippen LogP contribution is 2.36. The van der Waals surface area contributed by atoms with Crippen molar-refractivity contribution >= 4 is 8.32 Å². The summed E-state index contributed by atoms with van der Waals surface area (Å²) >= 11 is 0. The van der Waals surface area contributed by atoms with Gasteiger partial charge in [0, 0.05) is 18.9 Å². The molecule has 2 heteroatoms. The third-order valence-electron chi connectivity index (χ3n) is 4.16. The Morgan fingerprint density at radius 1 is 1.18 bits per heavy atom. The summed E-state index contributed by atoms with van der Waals surface area (Å²) in [4.78, 5) is 0. The minimum atomic E-state index is -1.55. The van der Waals surface area contributed by atoms with Gasteiger partial charge in [-0.25, -0.2) is 0 Å². The van der Waals surface area contributed by atoms with E-state index in [9.17, 15) is 0 Å². The molecule has 0 atom stereocenters. The average Bonchev–Trinajstić information content (AvgIpc) is 2.68. The molecular formula is C15H28OSi. The maximum Gasteiger partial charge on any atom is 0.192 e. The molecule has 17 heavy (non-hydrogen) atoms. The number of hydrogen-bond donors (Lipinski definition) is 0. The van der Waals surface area contributed by atoms with Gasteiger partial charge in [-0.1, -0.05) is 39.5 Å². The molecule has 0 radical (unpaired) electrons. The molecule has 1 rings (SSSR count). The van der Waals surface area contributed by atoms with Crippen LogP contribution in [0.2, 0.25) is 18.1 Å². The minimum Gasteiger partial charge on any atom is -0.416 e. The molecule has 0 heterocycles. The number of hydrogen-bond acceptors (Lipinski definition) is 1. The molecule has 98 valence electrons. The predicted octanol–water partition coefficient (Wildman–Crippen LogP) is 4.59. The van der Waals surface area contributed by atoms with Crippen LogP contribution in [0.15, 0.2) is 0 Å². The van der Waals surface area contributed by atoms with Crippen LogP contribution in [-0.4, -0.2) is 14.9 Å². The molecule has 0 amide bonds. The van der Waals surface area contributed by atoms with Gasteiger partial charge in [0.25, 0.3) is 0 Å². The quantitative estimate of drug-likeness (QED) is 0.405. The lowest BCUT2D eigenvalue weighted by molar-refractivity contribution is 0.296. The van der Waals surface area contributed by atoms with Crippen LogP contribution < -0.4 is 0 Å². The van der Waals surface area contributed by atoms with E-state index in [1.165, 1.54) is 25.7 Å². The van der Waals surface area contributed by atoms with E-state index < -0.39 is 8.32 Å². The average molecular weight is 252 g/mol. The lowest BCUT2D eigenvalue weighted by Crippen LogP contribution is -2.40. The molecule has 1 aliphatic rings. The predicted molar refractivity (Wildman–Crippen MR) is 77.5 cm³/mol. The molecule has 1 nitrogen and oxygen atoms in total. The summed E-state index contributed by atoms with van der Waals surface area (Å²) < 4.78 is 6.10. The first-order valence-electron chi connectivity index (χ1n) is 6.95. The highest BCUT2D eigenvalue weighted by atomic mass is 28.4. The molecular weight excluding hydrogens is 224 g/mol. The first kappa shape index (κ1) is 14.8. The van der Waals surface area contributed by atoms with Gasteiger partial charge in [-0.2, -0.15) is 0 Å². The van der Waals surface area contributed by atoms with Crippen molar-refractivity contribution in [1.82, 2.24) is 0 Å². The second-order valence-corrected chi connectivity index (χ2v) is 11.5. The lowest BCUT2D eigenvalue weighted by Gasteiger charge is -2.35. The second-order valence-electron chi connectivity index (χ2n) is 6.66. The van der Waals surface area contributed by atoms with Crippen LogP contribution in [0.4, 0.5) is 0 Å². The van der Waals surface area contributed by atoms with Crippen LogP contribution >= 0.6 is 0 Å². The van der Waals surface area contributed by atoms with E-state index in [0.717, 1.165) is 13.0 Å². The molecule has 0 bridgehead atoms. The molecule has 0 unspecified atom stereocenters. The zero-order chi connectivity index (χ0) is 12.9. The molecule has 0 aromatic rings. The van der Waals surface area contributed by atoms with E-state index in [1.807, 2.05) is 0 Å². The summed E-state index contributed by atoms with van der Waals surface area (Å²) in [7, 11) is -1.55. The third-order valence-corrected chi connectivity index (χ3v) is 8.70. The van der Waals surface area contributed by atoms with Crippen molar-refractivity contribution in [2.45, 2.75) is 71.0 Å². The Labute approximate surface area is 108 Å². The largest absolute Gasteiger partial charge is 0.416 e. The first-order chi connectivity index (χ1) is 7.83. The highest BCUT2D eigenvalue weighted by Gasteiger charge is 2.36. The fourth-order valence-electron chi connectivity index (χ4n) is 1.86. The Kier molecular flexibility index (Phi) is 5.28. The third kappa shape index (κ3) is 4.85. The Balaban J connectivity index is 2.23. The summed E-state index contributed by atoms with van der Waals surface area (Å²) in [6.45, 7) is 12.3. The fraction of sp³-hybridized carbons (Fsp3) is 0.867. The monoisotopic (exact) mass is 252 g/mol. The number of rotatable bonds is 3. The van der Waals surface area contributed by atoms with Crippen LogP contribution in [0.25, 0.3) is 0 Å². The smallest absolute Gasteiger partial charge is 0.192 e. The van der Waals surface area contributed by atoms with Gasteiger partial charge in [-0.05, 0) is 31.0 Å². The summed E-state index contributed by atoms with van der Waals surface area (Å²) in [5.74, 6) is 7.37. The van der Waals surface area contributed by atoms with E-state index in [2.05, 4.69) is 45.7 Å². The summed E-state index contributed by atoms with van der Waals surface area (Å²) in [5.41, 5.74) is 0. The molecule has 0 spiro atoms. The van der Waals surface area contributed by atoms with Gasteiger partial charge in [-0.3, -0.25) is 0 Å². The first-order valence-corrected chi connectivity index (χ1v) is 9.86. The van der Waals surface area contributed by atoms with E-state index in [0.29, 0.717) is 11.0 Å². The molecule has 0 saturated heterocycles. The Morgan fingerprint density at radius 2 is 1.76 bits per heavy atom. The molecule has 0 aromatic heterocycles. The maximum absolute atomic E-state index is 6.10.